The molecule has 0 atom stereocenters. The van der Waals surface area contributed by atoms with Crippen LogP contribution in [-0.4, -0.2) is 25.9 Å². The summed E-state index contributed by atoms with van der Waals surface area (Å²) in [6.45, 7) is 0.564. The molecular formula is C18H15N5O2S. The first kappa shape index (κ1) is 16.2. The topological polar surface area (TPSA) is 81.9 Å². The lowest BCUT2D eigenvalue weighted by Crippen LogP contribution is -2.27. The van der Waals surface area contributed by atoms with Crippen LogP contribution in [0.4, 0.5) is 0 Å². The number of thiazole rings is 1. The van der Waals surface area contributed by atoms with Crippen molar-refractivity contribution in [3.8, 4) is 10.9 Å². The van der Waals surface area contributed by atoms with Crippen LogP contribution < -0.4 is 10.1 Å². The maximum atomic E-state index is 12.2. The van der Waals surface area contributed by atoms with Crippen LogP contribution >= 0.6 is 11.3 Å². The van der Waals surface area contributed by atoms with Gasteiger partial charge in [0.15, 0.2) is 0 Å². The minimum Gasteiger partial charge on any atom is -0.431 e. The third kappa shape index (κ3) is 3.70. The number of ether oxygens (including phenoxy) is 1. The van der Waals surface area contributed by atoms with Gasteiger partial charge < -0.3 is 10.1 Å². The molecule has 4 aromatic rings. The summed E-state index contributed by atoms with van der Waals surface area (Å²) in [7, 11) is 0. The zero-order chi connectivity index (χ0) is 17.8. The van der Waals surface area contributed by atoms with Gasteiger partial charge in [0.1, 0.15) is 17.8 Å². The monoisotopic (exact) mass is 365 g/mol. The minimum atomic E-state index is -0.122. The van der Waals surface area contributed by atoms with E-state index in [9.17, 15) is 4.79 Å². The quantitative estimate of drug-likeness (QED) is 0.568. The van der Waals surface area contributed by atoms with E-state index in [-0.39, 0.29) is 12.5 Å². The molecule has 1 amide bonds. The van der Waals surface area contributed by atoms with Crippen LogP contribution in [0.25, 0.3) is 11.0 Å². The van der Waals surface area contributed by atoms with Gasteiger partial charge >= 0.3 is 0 Å². The van der Waals surface area contributed by atoms with Crippen LogP contribution in [0.1, 0.15) is 5.56 Å². The number of carbonyl (C=O) groups excluding carboxylic acids is 1. The average Bonchev–Trinajstić information content (AvgIpc) is 3.32. The van der Waals surface area contributed by atoms with Crippen molar-refractivity contribution >= 4 is 28.3 Å². The number of hydrogen-bond donors (Lipinski definition) is 1. The Labute approximate surface area is 153 Å². The molecule has 0 unspecified atom stereocenters. The van der Waals surface area contributed by atoms with Crippen molar-refractivity contribution in [2.75, 3.05) is 0 Å². The first-order valence-corrected chi connectivity index (χ1v) is 8.87. The molecule has 0 saturated carbocycles. The van der Waals surface area contributed by atoms with Crippen molar-refractivity contribution in [3.05, 3.63) is 65.7 Å². The van der Waals surface area contributed by atoms with Gasteiger partial charge in [-0.15, -0.1) is 5.10 Å². The summed E-state index contributed by atoms with van der Waals surface area (Å²) in [6.07, 6.45) is 1.70. The maximum absolute atomic E-state index is 12.2. The highest BCUT2D eigenvalue weighted by atomic mass is 32.1. The zero-order valence-electron chi connectivity index (χ0n) is 13.7. The molecule has 8 heteroatoms. The van der Waals surface area contributed by atoms with Crippen LogP contribution in [0, 0.1) is 0 Å². The number of carbonyl (C=O) groups is 1. The number of nitrogens with zero attached hydrogens (tertiary/aromatic N) is 4. The Bertz CT molecular complexity index is 1010. The van der Waals surface area contributed by atoms with E-state index < -0.39 is 0 Å². The molecule has 0 aliphatic heterocycles. The lowest BCUT2D eigenvalue weighted by atomic mass is 10.2. The molecule has 2 aromatic carbocycles. The fourth-order valence-electron chi connectivity index (χ4n) is 2.46. The van der Waals surface area contributed by atoms with Crippen molar-refractivity contribution in [1.82, 2.24) is 25.3 Å². The highest BCUT2D eigenvalue weighted by molar-refractivity contribution is 7.11. The van der Waals surface area contributed by atoms with E-state index in [2.05, 4.69) is 20.6 Å². The van der Waals surface area contributed by atoms with E-state index in [4.69, 9.17) is 4.74 Å². The van der Waals surface area contributed by atoms with Crippen LogP contribution in [-0.2, 0) is 17.9 Å². The van der Waals surface area contributed by atoms with E-state index in [0.717, 1.165) is 16.6 Å². The molecule has 130 valence electrons. The molecule has 2 aromatic heterocycles. The SMILES string of the molecule is O=C(Cn1nnc2ccccc21)NCc1ccc(Oc2nccs2)cc1. The molecule has 2 heterocycles. The summed E-state index contributed by atoms with van der Waals surface area (Å²) in [5.41, 5.74) is 2.59. The van der Waals surface area contributed by atoms with Crippen LogP contribution in [0.5, 0.6) is 10.9 Å². The van der Waals surface area contributed by atoms with Gasteiger partial charge in [-0.2, -0.15) is 0 Å². The van der Waals surface area contributed by atoms with Gasteiger partial charge in [0.2, 0.25) is 5.91 Å². The molecule has 7 nitrogen and oxygen atoms in total. The van der Waals surface area contributed by atoms with Crippen molar-refractivity contribution in [3.63, 3.8) is 0 Å². The van der Waals surface area contributed by atoms with E-state index in [1.54, 1.807) is 10.9 Å². The molecule has 0 aliphatic carbocycles. The maximum Gasteiger partial charge on any atom is 0.278 e. The summed E-state index contributed by atoms with van der Waals surface area (Å²) in [5.74, 6) is 0.591. The van der Waals surface area contributed by atoms with Crippen LogP contribution in [0.15, 0.2) is 60.1 Å². The van der Waals surface area contributed by atoms with Crippen LogP contribution in [0.3, 0.4) is 0 Å². The third-order valence-electron chi connectivity index (χ3n) is 3.74. The number of rotatable bonds is 6. The number of nitrogens with one attached hydrogen (secondary N) is 1. The predicted octanol–water partition coefficient (Wildman–Crippen LogP) is 3.00. The highest BCUT2D eigenvalue weighted by Crippen LogP contribution is 2.23. The number of hydrogen-bond acceptors (Lipinski definition) is 6. The molecule has 0 aliphatic rings. The highest BCUT2D eigenvalue weighted by Gasteiger charge is 2.08. The summed E-state index contributed by atoms with van der Waals surface area (Å²) < 4.78 is 7.20. The Morgan fingerprint density at radius 3 is 2.81 bits per heavy atom. The summed E-state index contributed by atoms with van der Waals surface area (Å²) in [6, 6.07) is 15.1. The fourth-order valence-corrected chi connectivity index (χ4v) is 2.97. The lowest BCUT2D eigenvalue weighted by molar-refractivity contribution is -0.121. The van der Waals surface area contributed by atoms with Gasteiger partial charge in [-0.05, 0) is 29.8 Å². The number of amides is 1. The van der Waals surface area contributed by atoms with E-state index >= 15 is 0 Å². The Morgan fingerprint density at radius 1 is 1.15 bits per heavy atom. The van der Waals surface area contributed by atoms with Crippen LogP contribution in [0.2, 0.25) is 0 Å². The van der Waals surface area contributed by atoms with Crippen molar-refractivity contribution in [2.45, 2.75) is 13.1 Å². The number of para-hydroxylation sites is 1. The molecule has 0 fully saturated rings. The molecule has 0 spiro atoms. The Balaban J connectivity index is 1.32. The second-order valence-corrected chi connectivity index (χ2v) is 6.41. The van der Waals surface area contributed by atoms with Gasteiger partial charge in [-0.25, -0.2) is 9.67 Å². The molecule has 0 bridgehead atoms. The van der Waals surface area contributed by atoms with Crippen molar-refractivity contribution in [1.29, 1.82) is 0 Å². The molecule has 4 rings (SSSR count). The number of benzene rings is 2. The molecular weight excluding hydrogens is 350 g/mol. The predicted molar refractivity (Wildman–Crippen MR) is 98.0 cm³/mol. The Kier molecular flexibility index (Phi) is 4.57. The Morgan fingerprint density at radius 2 is 2.00 bits per heavy atom. The van der Waals surface area contributed by atoms with Gasteiger partial charge in [-0.3, -0.25) is 4.79 Å². The summed E-state index contributed by atoms with van der Waals surface area (Å²) in [5, 5.41) is 13.4. The minimum absolute atomic E-state index is 0.122. The van der Waals surface area contributed by atoms with Gasteiger partial charge in [0, 0.05) is 18.1 Å². The molecule has 1 N–H and O–H groups in total. The van der Waals surface area contributed by atoms with E-state index in [1.807, 2.05) is 53.9 Å². The first-order chi connectivity index (χ1) is 12.8. The summed E-state index contributed by atoms with van der Waals surface area (Å²) >= 11 is 1.43. The average molecular weight is 365 g/mol. The standard InChI is InChI=1S/C18H15N5O2S/c24-17(12-23-16-4-2-1-3-15(16)21-22-23)20-11-13-5-7-14(8-6-13)25-18-19-9-10-26-18/h1-10H,11-12H2,(H,20,24). The summed E-state index contributed by atoms with van der Waals surface area (Å²) in [4.78, 5) is 16.3. The van der Waals surface area contributed by atoms with Gasteiger partial charge in [0.05, 0.1) is 5.52 Å². The second kappa shape index (κ2) is 7.32. The Hall–Kier alpha value is -3.26. The number of aromatic nitrogens is 4. The normalized spacial score (nSPS) is 10.8. The molecule has 0 radical (unpaired) electrons. The van der Waals surface area contributed by atoms with Gasteiger partial charge in [0.25, 0.3) is 5.19 Å². The first-order valence-electron chi connectivity index (χ1n) is 7.99. The molecule has 26 heavy (non-hydrogen) atoms. The third-order valence-corrected chi connectivity index (χ3v) is 4.39. The zero-order valence-corrected chi connectivity index (χ0v) is 14.5. The molecule has 0 saturated heterocycles. The lowest BCUT2D eigenvalue weighted by Gasteiger charge is -2.07. The fraction of sp³-hybridized carbons (Fsp3) is 0.111. The van der Waals surface area contributed by atoms with Gasteiger partial charge in [-0.1, -0.05) is 40.8 Å². The largest absolute Gasteiger partial charge is 0.431 e. The van der Waals surface area contributed by atoms with E-state index in [0.29, 0.717) is 17.5 Å². The smallest absolute Gasteiger partial charge is 0.278 e. The second-order valence-electron chi connectivity index (χ2n) is 5.56. The van der Waals surface area contributed by atoms with E-state index in [1.165, 1.54) is 11.3 Å². The number of fused-ring (bicyclic) bond motifs is 1. The van der Waals surface area contributed by atoms with Crippen molar-refractivity contribution < 1.29 is 9.53 Å². The van der Waals surface area contributed by atoms with Crippen molar-refractivity contribution in [2.24, 2.45) is 0 Å².